The lowest BCUT2D eigenvalue weighted by Crippen LogP contribution is -2.49. The van der Waals surface area contributed by atoms with Crippen molar-refractivity contribution in [2.24, 2.45) is 11.5 Å². The van der Waals surface area contributed by atoms with Crippen molar-refractivity contribution in [3.05, 3.63) is 101 Å². The van der Waals surface area contributed by atoms with Crippen LogP contribution in [0.3, 0.4) is 0 Å². The maximum Gasteiger partial charge on any atom is 0.270 e. The SMILES string of the molecule is NC(=[NH2+])c1ccc(CNC(=O)[C@H](COCc2ccccc2)NS(=O)(=O)c2cccc(C(N)=[NH2+])c2)cc1. The zero-order chi connectivity index (χ0) is 26.1. The molecule has 0 aliphatic heterocycles. The molecule has 188 valence electrons. The number of nitrogens with two attached hydrogens (primary N) is 4. The number of nitrogens with one attached hydrogen (secondary N) is 2. The maximum absolute atomic E-state index is 13.1. The summed E-state index contributed by atoms with van der Waals surface area (Å²) in [7, 11) is -4.10. The Hall–Kier alpha value is -4.06. The Morgan fingerprint density at radius 3 is 2.17 bits per heavy atom. The highest BCUT2D eigenvalue weighted by Gasteiger charge is 2.26. The van der Waals surface area contributed by atoms with Crippen LogP contribution >= 0.6 is 0 Å². The van der Waals surface area contributed by atoms with Crippen LogP contribution in [0.2, 0.25) is 0 Å². The predicted molar refractivity (Wildman–Crippen MR) is 135 cm³/mol. The highest BCUT2D eigenvalue weighted by atomic mass is 32.2. The van der Waals surface area contributed by atoms with E-state index in [9.17, 15) is 13.2 Å². The van der Waals surface area contributed by atoms with Crippen molar-refractivity contribution in [2.45, 2.75) is 24.1 Å². The summed E-state index contributed by atoms with van der Waals surface area (Å²) in [5.74, 6) is -0.386. The van der Waals surface area contributed by atoms with E-state index in [-0.39, 0.29) is 36.3 Å². The summed E-state index contributed by atoms with van der Waals surface area (Å²) in [4.78, 5) is 12.9. The number of hydrogen-bond donors (Lipinski definition) is 6. The van der Waals surface area contributed by atoms with Gasteiger partial charge in [-0.05, 0) is 41.5 Å². The Balaban J connectivity index is 1.73. The van der Waals surface area contributed by atoms with E-state index in [1.54, 1.807) is 30.3 Å². The topological polar surface area (TPSA) is 188 Å². The first-order valence-electron chi connectivity index (χ1n) is 11.0. The average molecular weight is 511 g/mol. The summed E-state index contributed by atoms with van der Waals surface area (Å²) >= 11 is 0. The number of carbonyl (C=O) groups excluding carboxylic acids is 1. The highest BCUT2D eigenvalue weighted by molar-refractivity contribution is 7.89. The molecule has 3 rings (SSSR count). The molecule has 0 unspecified atom stereocenters. The molecule has 0 spiro atoms. The average Bonchev–Trinajstić information content (AvgIpc) is 2.87. The van der Waals surface area contributed by atoms with E-state index in [2.05, 4.69) is 10.0 Å². The summed E-state index contributed by atoms with van der Waals surface area (Å²) in [5.41, 5.74) is 13.9. The van der Waals surface area contributed by atoms with Crippen molar-refractivity contribution in [2.75, 3.05) is 6.61 Å². The van der Waals surface area contributed by atoms with Gasteiger partial charge in [0.05, 0.1) is 29.2 Å². The number of amidine groups is 2. The minimum absolute atomic E-state index is 0.0208. The largest absolute Gasteiger partial charge is 0.375 e. The Morgan fingerprint density at radius 2 is 1.53 bits per heavy atom. The van der Waals surface area contributed by atoms with Gasteiger partial charge in [0, 0.05) is 6.54 Å². The molecular weight excluding hydrogens is 480 g/mol. The molecule has 0 bridgehead atoms. The third kappa shape index (κ3) is 7.47. The molecule has 0 saturated heterocycles. The van der Waals surface area contributed by atoms with E-state index >= 15 is 0 Å². The number of rotatable bonds is 12. The van der Waals surface area contributed by atoms with Crippen LogP contribution in [0.15, 0.2) is 83.8 Å². The number of carbonyl (C=O) groups is 1. The summed E-state index contributed by atoms with van der Waals surface area (Å²) in [6.45, 7) is 0.177. The fourth-order valence-corrected chi connectivity index (χ4v) is 4.48. The molecule has 10 nitrogen and oxygen atoms in total. The lowest BCUT2D eigenvalue weighted by atomic mass is 10.1. The zero-order valence-corrected chi connectivity index (χ0v) is 20.4. The number of ether oxygens (including phenoxy) is 1. The minimum Gasteiger partial charge on any atom is -0.375 e. The van der Waals surface area contributed by atoms with Crippen LogP contribution in [-0.4, -0.2) is 38.6 Å². The van der Waals surface area contributed by atoms with Gasteiger partial charge in [0.2, 0.25) is 15.9 Å². The molecule has 1 amide bonds. The normalized spacial score (nSPS) is 12.0. The fraction of sp³-hybridized carbons (Fsp3) is 0.160. The van der Waals surface area contributed by atoms with Gasteiger partial charge in [0.25, 0.3) is 11.7 Å². The second-order valence-corrected chi connectivity index (χ2v) is 9.74. The Kier molecular flexibility index (Phi) is 8.90. The molecule has 0 aromatic heterocycles. The van der Waals surface area contributed by atoms with E-state index in [1.807, 2.05) is 30.3 Å². The summed E-state index contributed by atoms with van der Waals surface area (Å²) in [5, 5.41) is 13.9. The van der Waals surface area contributed by atoms with Gasteiger partial charge in [-0.25, -0.2) is 8.42 Å². The van der Waals surface area contributed by atoms with Crippen molar-refractivity contribution in [1.82, 2.24) is 10.0 Å². The van der Waals surface area contributed by atoms with Crippen LogP contribution in [0, 0.1) is 0 Å². The quantitative estimate of drug-likeness (QED) is 0.118. The molecule has 0 heterocycles. The molecule has 3 aromatic rings. The van der Waals surface area contributed by atoms with Crippen LogP contribution in [0.4, 0.5) is 0 Å². The van der Waals surface area contributed by atoms with Crippen LogP contribution in [-0.2, 0) is 32.7 Å². The molecule has 11 heteroatoms. The van der Waals surface area contributed by atoms with Crippen molar-refractivity contribution in [3.63, 3.8) is 0 Å². The molecule has 0 saturated carbocycles. The minimum atomic E-state index is -4.10. The van der Waals surface area contributed by atoms with E-state index in [0.717, 1.165) is 11.1 Å². The monoisotopic (exact) mass is 510 g/mol. The van der Waals surface area contributed by atoms with E-state index in [4.69, 9.17) is 27.0 Å². The van der Waals surface area contributed by atoms with Crippen molar-refractivity contribution >= 4 is 27.6 Å². The van der Waals surface area contributed by atoms with Crippen molar-refractivity contribution in [1.29, 1.82) is 0 Å². The van der Waals surface area contributed by atoms with E-state index in [1.165, 1.54) is 18.2 Å². The van der Waals surface area contributed by atoms with Gasteiger partial charge < -0.3 is 10.1 Å². The number of amides is 1. The third-order valence-corrected chi connectivity index (χ3v) is 6.71. The summed E-state index contributed by atoms with van der Waals surface area (Å²) in [6, 6.07) is 20.9. The Morgan fingerprint density at radius 1 is 0.861 bits per heavy atom. The molecule has 0 radical (unpaired) electrons. The second kappa shape index (κ2) is 12.1. The predicted octanol–water partition coefficient (Wildman–Crippen LogP) is -2.20. The zero-order valence-electron chi connectivity index (χ0n) is 19.6. The Bertz CT molecular complexity index is 1330. The number of benzene rings is 3. The fourth-order valence-electron chi connectivity index (χ4n) is 3.26. The molecule has 0 aliphatic carbocycles. The Labute approximate surface area is 209 Å². The van der Waals surface area contributed by atoms with Gasteiger partial charge in [-0.3, -0.25) is 27.1 Å². The molecule has 10 N–H and O–H groups in total. The maximum atomic E-state index is 13.1. The van der Waals surface area contributed by atoms with Crippen molar-refractivity contribution < 1.29 is 28.8 Å². The van der Waals surface area contributed by atoms with Gasteiger partial charge in [0.15, 0.2) is 0 Å². The molecule has 1 atom stereocenters. The van der Waals surface area contributed by atoms with Crippen LogP contribution < -0.4 is 32.3 Å². The molecule has 36 heavy (non-hydrogen) atoms. The molecule has 3 aromatic carbocycles. The number of hydrogen-bond acceptors (Lipinski definition) is 4. The lowest BCUT2D eigenvalue weighted by Gasteiger charge is -2.19. The first-order valence-corrected chi connectivity index (χ1v) is 12.5. The van der Waals surface area contributed by atoms with E-state index < -0.39 is 22.0 Å². The van der Waals surface area contributed by atoms with Crippen LogP contribution in [0.25, 0.3) is 0 Å². The highest BCUT2D eigenvalue weighted by Crippen LogP contribution is 2.12. The third-order valence-electron chi connectivity index (χ3n) is 5.24. The second-order valence-electron chi connectivity index (χ2n) is 8.03. The van der Waals surface area contributed by atoms with Crippen molar-refractivity contribution in [3.8, 4) is 0 Å². The van der Waals surface area contributed by atoms with Crippen LogP contribution in [0.5, 0.6) is 0 Å². The first-order chi connectivity index (χ1) is 17.2. The van der Waals surface area contributed by atoms with E-state index in [0.29, 0.717) is 11.1 Å². The standard InChI is InChI=1S/C25H28N6O4S/c26-23(27)19-11-9-17(10-12-19)14-30-25(32)22(16-35-15-18-5-2-1-3-6-18)31-36(33,34)21-8-4-7-20(13-21)24(28)29/h1-13,22,31H,14-16H2,(H3,26,27)(H3,28,29)(H,30,32)/p+2/t22-/m0/s1. The first kappa shape index (κ1) is 26.5. The van der Waals surface area contributed by atoms with Gasteiger partial charge >= 0.3 is 0 Å². The number of sulfonamides is 1. The summed E-state index contributed by atoms with van der Waals surface area (Å²) in [6.07, 6.45) is 0. The molecular formula is C25H30N6O4S+2. The summed E-state index contributed by atoms with van der Waals surface area (Å²) < 4.78 is 34.2. The van der Waals surface area contributed by atoms with Gasteiger partial charge in [0.1, 0.15) is 6.04 Å². The molecule has 0 fully saturated rings. The van der Waals surface area contributed by atoms with Gasteiger partial charge in [-0.15, -0.1) is 0 Å². The van der Waals surface area contributed by atoms with Crippen LogP contribution in [0.1, 0.15) is 22.3 Å². The lowest BCUT2D eigenvalue weighted by molar-refractivity contribution is -0.124. The smallest absolute Gasteiger partial charge is 0.270 e. The van der Waals surface area contributed by atoms with Gasteiger partial charge in [-0.1, -0.05) is 48.5 Å². The molecule has 0 aliphatic rings. The van der Waals surface area contributed by atoms with Gasteiger partial charge in [-0.2, -0.15) is 4.72 Å².